The van der Waals surface area contributed by atoms with Crippen molar-refractivity contribution >= 4 is 24.2 Å². The van der Waals surface area contributed by atoms with E-state index in [9.17, 15) is 9.59 Å². The molecule has 0 heterocycles. The third kappa shape index (κ3) is 5.96. The molecule has 0 spiro atoms. The molecule has 0 radical (unpaired) electrons. The van der Waals surface area contributed by atoms with E-state index < -0.39 is 11.8 Å². The van der Waals surface area contributed by atoms with E-state index in [0.29, 0.717) is 34.1 Å². The number of carbonyl (C=O) groups is 2. The van der Waals surface area contributed by atoms with Crippen LogP contribution in [0.3, 0.4) is 0 Å². The van der Waals surface area contributed by atoms with Crippen LogP contribution in [-0.2, 0) is 9.59 Å². The van der Waals surface area contributed by atoms with Gasteiger partial charge >= 0.3 is 11.8 Å². The standard InChI is InChI=1S/C20H22N4O6/c1-27-15-7-5-13(9-17(15)29-3)11-21-23-19(25)20(26)24-22-12-14-6-8-16(28-2)18(10-14)30-4/h5-12H,1-4H3,(H,23,25)(H,24,26)/b21-11-,22-12?. The number of amides is 2. The third-order valence-electron chi connectivity index (χ3n) is 3.78. The Hall–Kier alpha value is -4.08. The monoisotopic (exact) mass is 414 g/mol. The van der Waals surface area contributed by atoms with Crippen LogP contribution in [0.5, 0.6) is 23.0 Å². The molecule has 10 heteroatoms. The molecule has 10 nitrogen and oxygen atoms in total. The number of hydrogen-bond acceptors (Lipinski definition) is 8. The second kappa shape index (κ2) is 11.1. The highest BCUT2D eigenvalue weighted by molar-refractivity contribution is 6.35. The maximum atomic E-state index is 11.8. The lowest BCUT2D eigenvalue weighted by Gasteiger charge is -2.07. The van der Waals surface area contributed by atoms with Crippen LogP contribution in [0.4, 0.5) is 0 Å². The zero-order chi connectivity index (χ0) is 21.9. The van der Waals surface area contributed by atoms with Crippen molar-refractivity contribution in [1.82, 2.24) is 10.9 Å². The zero-order valence-electron chi connectivity index (χ0n) is 17.0. The van der Waals surface area contributed by atoms with Crippen molar-refractivity contribution < 1.29 is 28.5 Å². The lowest BCUT2D eigenvalue weighted by Crippen LogP contribution is -2.35. The van der Waals surface area contributed by atoms with Gasteiger partial charge in [-0.05, 0) is 47.5 Å². The van der Waals surface area contributed by atoms with Gasteiger partial charge in [-0.1, -0.05) is 0 Å². The Labute approximate surface area is 173 Å². The molecule has 0 aliphatic carbocycles. The number of nitrogens with one attached hydrogen (secondary N) is 2. The summed E-state index contributed by atoms with van der Waals surface area (Å²) in [5.74, 6) is 0.188. The van der Waals surface area contributed by atoms with Crippen molar-refractivity contribution in [3.05, 3.63) is 47.5 Å². The van der Waals surface area contributed by atoms with Gasteiger partial charge in [0.25, 0.3) is 0 Å². The van der Waals surface area contributed by atoms with Crippen LogP contribution in [-0.4, -0.2) is 52.7 Å². The molecule has 2 amide bonds. The molecule has 2 aromatic carbocycles. The fraction of sp³-hybridized carbons (Fsp3) is 0.200. The molecule has 158 valence electrons. The van der Waals surface area contributed by atoms with Crippen molar-refractivity contribution in [3.8, 4) is 23.0 Å². The van der Waals surface area contributed by atoms with Crippen molar-refractivity contribution in [3.63, 3.8) is 0 Å². The van der Waals surface area contributed by atoms with Gasteiger partial charge in [0, 0.05) is 0 Å². The highest BCUT2D eigenvalue weighted by Gasteiger charge is 2.11. The molecular weight excluding hydrogens is 392 g/mol. The van der Waals surface area contributed by atoms with Crippen molar-refractivity contribution in [2.45, 2.75) is 0 Å². The molecular formula is C20H22N4O6. The minimum Gasteiger partial charge on any atom is -0.493 e. The van der Waals surface area contributed by atoms with E-state index >= 15 is 0 Å². The summed E-state index contributed by atoms with van der Waals surface area (Å²) in [6.45, 7) is 0. The first-order valence-electron chi connectivity index (χ1n) is 8.62. The maximum absolute atomic E-state index is 11.8. The van der Waals surface area contributed by atoms with Gasteiger partial charge in [0.1, 0.15) is 0 Å². The van der Waals surface area contributed by atoms with Crippen LogP contribution in [0.2, 0.25) is 0 Å². The molecule has 2 aromatic rings. The molecule has 2 rings (SSSR count). The Morgan fingerprint density at radius 2 is 1.03 bits per heavy atom. The maximum Gasteiger partial charge on any atom is 0.331 e. The fourth-order valence-electron chi connectivity index (χ4n) is 2.30. The summed E-state index contributed by atoms with van der Waals surface area (Å²) >= 11 is 0. The molecule has 0 aliphatic rings. The number of ether oxygens (including phenoxy) is 4. The van der Waals surface area contributed by atoms with E-state index in [0.717, 1.165) is 0 Å². The van der Waals surface area contributed by atoms with E-state index in [2.05, 4.69) is 21.1 Å². The quantitative estimate of drug-likeness (QED) is 0.382. The van der Waals surface area contributed by atoms with E-state index in [1.165, 1.54) is 40.9 Å². The Morgan fingerprint density at radius 1 is 0.667 bits per heavy atom. The number of rotatable bonds is 8. The van der Waals surface area contributed by atoms with Gasteiger partial charge in [0.05, 0.1) is 40.9 Å². The van der Waals surface area contributed by atoms with Crippen LogP contribution in [0.15, 0.2) is 46.6 Å². The number of nitrogens with zero attached hydrogens (tertiary/aromatic N) is 2. The summed E-state index contributed by atoms with van der Waals surface area (Å²) in [5.41, 5.74) is 5.51. The van der Waals surface area contributed by atoms with Crippen LogP contribution >= 0.6 is 0 Å². The summed E-state index contributed by atoms with van der Waals surface area (Å²) < 4.78 is 20.6. The van der Waals surface area contributed by atoms with E-state index in [4.69, 9.17) is 18.9 Å². The Kier molecular flexibility index (Phi) is 8.18. The van der Waals surface area contributed by atoms with Gasteiger partial charge in [0.15, 0.2) is 23.0 Å². The molecule has 0 atom stereocenters. The first-order chi connectivity index (χ1) is 14.5. The van der Waals surface area contributed by atoms with Crippen molar-refractivity contribution in [1.29, 1.82) is 0 Å². The molecule has 0 saturated heterocycles. The number of methoxy groups -OCH3 is 4. The molecule has 0 aromatic heterocycles. The number of carbonyl (C=O) groups excluding carboxylic acids is 2. The van der Waals surface area contributed by atoms with Crippen LogP contribution in [0.25, 0.3) is 0 Å². The summed E-state index contributed by atoms with van der Waals surface area (Å²) in [6, 6.07) is 10.1. The lowest BCUT2D eigenvalue weighted by molar-refractivity contribution is -0.139. The summed E-state index contributed by atoms with van der Waals surface area (Å²) in [7, 11) is 6.07. The average Bonchev–Trinajstić information content (AvgIpc) is 2.78. The van der Waals surface area contributed by atoms with Crippen LogP contribution in [0, 0.1) is 0 Å². The molecule has 0 saturated carbocycles. The first kappa shape index (κ1) is 22.2. The van der Waals surface area contributed by atoms with Crippen LogP contribution < -0.4 is 29.8 Å². The SMILES string of the molecule is COc1ccc(C=NNC(=O)C(=O)N/N=C\c2ccc(OC)c(OC)c2)cc1OC. The van der Waals surface area contributed by atoms with Gasteiger partial charge in [-0.2, -0.15) is 10.2 Å². The predicted octanol–water partition coefficient (Wildman–Crippen LogP) is 1.32. The van der Waals surface area contributed by atoms with Gasteiger partial charge in [0.2, 0.25) is 0 Å². The average molecular weight is 414 g/mol. The smallest absolute Gasteiger partial charge is 0.331 e. The molecule has 30 heavy (non-hydrogen) atoms. The Morgan fingerprint density at radius 3 is 1.37 bits per heavy atom. The van der Waals surface area contributed by atoms with Gasteiger partial charge in [-0.15, -0.1) is 0 Å². The zero-order valence-corrected chi connectivity index (χ0v) is 17.0. The Balaban J connectivity index is 1.90. The molecule has 0 fully saturated rings. The number of benzene rings is 2. The summed E-state index contributed by atoms with van der Waals surface area (Å²) in [6.07, 6.45) is 2.72. The normalized spacial score (nSPS) is 10.7. The lowest BCUT2D eigenvalue weighted by atomic mass is 10.2. The van der Waals surface area contributed by atoms with E-state index in [1.807, 2.05) is 0 Å². The van der Waals surface area contributed by atoms with Gasteiger partial charge < -0.3 is 18.9 Å². The van der Waals surface area contributed by atoms with Crippen LogP contribution in [0.1, 0.15) is 11.1 Å². The summed E-state index contributed by atoms with van der Waals surface area (Å²) in [4.78, 5) is 23.6. The first-order valence-corrected chi connectivity index (χ1v) is 8.62. The largest absolute Gasteiger partial charge is 0.493 e. The fourth-order valence-corrected chi connectivity index (χ4v) is 2.30. The predicted molar refractivity (Wildman–Crippen MR) is 111 cm³/mol. The molecule has 0 unspecified atom stereocenters. The van der Waals surface area contributed by atoms with Crippen molar-refractivity contribution in [2.75, 3.05) is 28.4 Å². The minimum atomic E-state index is -0.976. The number of hydrazone groups is 2. The highest BCUT2D eigenvalue weighted by atomic mass is 16.5. The van der Waals surface area contributed by atoms with E-state index in [-0.39, 0.29) is 0 Å². The Bertz CT molecular complexity index is 881. The highest BCUT2D eigenvalue weighted by Crippen LogP contribution is 2.27. The second-order valence-electron chi connectivity index (χ2n) is 5.63. The van der Waals surface area contributed by atoms with Crippen molar-refractivity contribution in [2.24, 2.45) is 10.2 Å². The minimum absolute atomic E-state index is 0.509. The molecule has 0 bridgehead atoms. The summed E-state index contributed by atoms with van der Waals surface area (Å²) in [5, 5.41) is 7.47. The molecule has 0 aliphatic heterocycles. The van der Waals surface area contributed by atoms with E-state index in [1.54, 1.807) is 36.4 Å². The second-order valence-corrected chi connectivity index (χ2v) is 5.63. The van der Waals surface area contributed by atoms with Gasteiger partial charge in [-0.3, -0.25) is 9.59 Å². The third-order valence-corrected chi connectivity index (χ3v) is 3.78. The number of hydrogen-bond donors (Lipinski definition) is 2. The topological polar surface area (TPSA) is 120 Å². The molecule has 2 N–H and O–H groups in total. The van der Waals surface area contributed by atoms with Gasteiger partial charge in [-0.25, -0.2) is 10.9 Å².